The highest BCUT2D eigenvalue weighted by molar-refractivity contribution is 6.30. The van der Waals surface area contributed by atoms with Crippen LogP contribution in [-0.2, 0) is 16.1 Å². The minimum Gasteiger partial charge on any atom is -0.484 e. The van der Waals surface area contributed by atoms with E-state index in [1.54, 1.807) is 12.1 Å². The van der Waals surface area contributed by atoms with Gasteiger partial charge in [-0.1, -0.05) is 23.7 Å². The number of ether oxygens (including phenoxy) is 2. The van der Waals surface area contributed by atoms with Gasteiger partial charge in [0.15, 0.2) is 6.61 Å². The molecule has 0 saturated heterocycles. The van der Waals surface area contributed by atoms with Crippen molar-refractivity contribution in [3.8, 4) is 11.5 Å². The first-order valence-electron chi connectivity index (χ1n) is 9.90. The lowest BCUT2D eigenvalue weighted by atomic mass is 9.39. The third-order valence-corrected chi connectivity index (χ3v) is 6.09. The summed E-state index contributed by atoms with van der Waals surface area (Å²) in [5.41, 5.74) is -0.144. The highest BCUT2D eigenvalue weighted by Gasteiger charge is 2.72. The highest BCUT2D eigenvalue weighted by atomic mass is 35.5. The van der Waals surface area contributed by atoms with Crippen LogP contribution < -0.4 is 20.1 Å². The number of alkyl halides is 2. The first-order valence-corrected chi connectivity index (χ1v) is 10.3. The summed E-state index contributed by atoms with van der Waals surface area (Å²) in [7, 11) is 0. The Labute approximate surface area is 187 Å². The zero-order chi connectivity index (χ0) is 22.9. The summed E-state index contributed by atoms with van der Waals surface area (Å²) in [6.07, 6.45) is 1.61. The molecule has 5 rings (SSSR count). The Hall–Kier alpha value is -2.94. The minimum atomic E-state index is -2.88. The summed E-state index contributed by atoms with van der Waals surface area (Å²) in [5.74, 6) is -0.828. The van der Waals surface area contributed by atoms with E-state index in [1.165, 1.54) is 24.3 Å². The van der Waals surface area contributed by atoms with E-state index in [0.717, 1.165) is 11.6 Å². The molecule has 32 heavy (non-hydrogen) atoms. The smallest absolute Gasteiger partial charge is 0.387 e. The van der Waals surface area contributed by atoms with Crippen LogP contribution in [0.1, 0.15) is 24.8 Å². The van der Waals surface area contributed by atoms with Crippen molar-refractivity contribution in [2.45, 2.75) is 38.0 Å². The summed E-state index contributed by atoms with van der Waals surface area (Å²) < 4.78 is 47.4. The van der Waals surface area contributed by atoms with Gasteiger partial charge in [-0.2, -0.15) is 8.78 Å². The average Bonchev–Trinajstić information content (AvgIpc) is 2.69. The average molecular weight is 469 g/mol. The monoisotopic (exact) mass is 468 g/mol. The van der Waals surface area contributed by atoms with E-state index in [9.17, 15) is 22.8 Å². The number of nitrogens with one attached hydrogen (secondary N) is 2. The zero-order valence-electron chi connectivity index (χ0n) is 16.8. The molecule has 0 radical (unpaired) electrons. The predicted octanol–water partition coefficient (Wildman–Crippen LogP) is 3.81. The quantitative estimate of drug-likeness (QED) is 0.586. The normalized spacial score (nSPS) is 23.0. The molecule has 2 bridgehead atoms. The molecule has 2 aromatic carbocycles. The van der Waals surface area contributed by atoms with Crippen LogP contribution in [0.4, 0.5) is 13.2 Å². The van der Waals surface area contributed by atoms with Gasteiger partial charge in [-0.25, -0.2) is 4.39 Å². The fraction of sp³-hybridized carbons (Fsp3) is 0.364. The molecule has 170 valence electrons. The molecule has 2 aromatic rings. The van der Waals surface area contributed by atoms with Gasteiger partial charge in [0.25, 0.3) is 5.91 Å². The fourth-order valence-corrected chi connectivity index (χ4v) is 4.48. The van der Waals surface area contributed by atoms with Gasteiger partial charge >= 0.3 is 6.61 Å². The predicted molar refractivity (Wildman–Crippen MR) is 109 cm³/mol. The van der Waals surface area contributed by atoms with Gasteiger partial charge in [0.1, 0.15) is 17.3 Å². The van der Waals surface area contributed by atoms with Crippen LogP contribution in [-0.4, -0.2) is 30.6 Å². The first-order chi connectivity index (χ1) is 15.2. The maximum Gasteiger partial charge on any atom is 0.387 e. The van der Waals surface area contributed by atoms with Crippen LogP contribution in [0.25, 0.3) is 0 Å². The van der Waals surface area contributed by atoms with Crippen LogP contribution in [0.2, 0.25) is 5.02 Å². The van der Waals surface area contributed by atoms with E-state index in [0.29, 0.717) is 19.3 Å². The second-order valence-electron chi connectivity index (χ2n) is 8.21. The van der Waals surface area contributed by atoms with Gasteiger partial charge in [0.2, 0.25) is 5.91 Å². The minimum absolute atomic E-state index is 0.0305. The summed E-state index contributed by atoms with van der Waals surface area (Å²) in [6, 6.07) is 9.97. The molecule has 3 aliphatic rings. The van der Waals surface area contributed by atoms with Crippen molar-refractivity contribution >= 4 is 23.4 Å². The molecule has 3 saturated carbocycles. The third kappa shape index (κ3) is 4.62. The number of hydrogen-bond donors (Lipinski definition) is 2. The van der Waals surface area contributed by atoms with Crippen molar-refractivity contribution in [1.29, 1.82) is 0 Å². The van der Waals surface area contributed by atoms with Gasteiger partial charge in [0.05, 0.1) is 10.4 Å². The molecular formula is C22H20ClF3N2O4. The van der Waals surface area contributed by atoms with Crippen LogP contribution >= 0.6 is 11.6 Å². The topological polar surface area (TPSA) is 76.7 Å². The van der Waals surface area contributed by atoms with Crippen LogP contribution in [0.5, 0.6) is 11.5 Å². The number of amides is 2. The first kappa shape index (κ1) is 22.3. The number of carbonyl (C=O) groups is 2. The molecule has 0 aliphatic heterocycles. The van der Waals surface area contributed by atoms with Crippen molar-refractivity contribution in [2.75, 3.05) is 6.61 Å². The standard InChI is InChI=1S/C22H20ClF3N2O4/c23-16-6-5-15(7-17(16)24)31-9-18(29)28-22-10-21(11-22,12-22)19(30)27-8-13-1-3-14(4-2-13)32-20(25)26/h1-7,20H,8-12H2,(H,27,30)(H,28,29). The van der Waals surface area contributed by atoms with E-state index >= 15 is 0 Å². The number of hydrogen-bond acceptors (Lipinski definition) is 4. The van der Waals surface area contributed by atoms with E-state index in [4.69, 9.17) is 16.3 Å². The zero-order valence-corrected chi connectivity index (χ0v) is 17.6. The Kier molecular flexibility index (Phi) is 5.94. The lowest BCUT2D eigenvalue weighted by Crippen LogP contribution is -2.78. The van der Waals surface area contributed by atoms with Crippen molar-refractivity contribution in [3.05, 3.63) is 58.9 Å². The summed E-state index contributed by atoms with van der Waals surface area (Å²) in [5, 5.41) is 5.72. The fourth-order valence-electron chi connectivity index (χ4n) is 4.37. The Morgan fingerprint density at radius 1 is 1.06 bits per heavy atom. The molecule has 6 nitrogen and oxygen atoms in total. The molecule has 10 heteroatoms. The van der Waals surface area contributed by atoms with Crippen LogP contribution in [0, 0.1) is 11.2 Å². The molecular weight excluding hydrogens is 449 g/mol. The Balaban J connectivity index is 1.19. The summed E-state index contributed by atoms with van der Waals surface area (Å²) in [6.45, 7) is -2.89. The maximum atomic E-state index is 13.4. The number of carbonyl (C=O) groups excluding carboxylic acids is 2. The molecule has 0 aromatic heterocycles. The number of rotatable bonds is 9. The number of benzene rings is 2. The molecule has 2 N–H and O–H groups in total. The van der Waals surface area contributed by atoms with Gasteiger partial charge < -0.3 is 20.1 Å². The van der Waals surface area contributed by atoms with Crippen LogP contribution in [0.15, 0.2) is 42.5 Å². The second kappa shape index (κ2) is 8.54. The van der Waals surface area contributed by atoms with E-state index in [1.807, 2.05) is 0 Å². The van der Waals surface area contributed by atoms with Crippen molar-refractivity contribution in [1.82, 2.24) is 10.6 Å². The van der Waals surface area contributed by atoms with Crippen molar-refractivity contribution in [3.63, 3.8) is 0 Å². The Morgan fingerprint density at radius 2 is 1.72 bits per heavy atom. The summed E-state index contributed by atoms with van der Waals surface area (Å²) in [4.78, 5) is 24.7. The second-order valence-corrected chi connectivity index (χ2v) is 8.62. The molecule has 0 heterocycles. The SMILES string of the molecule is O=C(COc1ccc(Cl)c(F)c1)NC12CC(C(=O)NCc3ccc(OC(F)F)cc3)(C1)C2. The van der Waals surface area contributed by atoms with Crippen molar-refractivity contribution in [2.24, 2.45) is 5.41 Å². The largest absolute Gasteiger partial charge is 0.484 e. The Morgan fingerprint density at radius 3 is 2.34 bits per heavy atom. The highest BCUT2D eigenvalue weighted by Crippen LogP contribution is 2.67. The lowest BCUT2D eigenvalue weighted by molar-refractivity contribution is -0.184. The Bertz CT molecular complexity index is 1010. The lowest BCUT2D eigenvalue weighted by Gasteiger charge is -2.69. The number of halogens is 4. The maximum absolute atomic E-state index is 13.4. The molecule has 3 aliphatic carbocycles. The van der Waals surface area contributed by atoms with Gasteiger partial charge in [-0.05, 0) is 49.1 Å². The molecule has 0 atom stereocenters. The van der Waals surface area contributed by atoms with Crippen LogP contribution in [0.3, 0.4) is 0 Å². The van der Waals surface area contributed by atoms with E-state index < -0.39 is 23.4 Å². The molecule has 3 fully saturated rings. The van der Waals surface area contributed by atoms with E-state index in [-0.39, 0.29) is 41.5 Å². The van der Waals surface area contributed by atoms with Gasteiger partial charge in [-0.15, -0.1) is 0 Å². The molecule has 2 amide bonds. The van der Waals surface area contributed by atoms with Gasteiger partial charge in [0, 0.05) is 18.2 Å². The van der Waals surface area contributed by atoms with Crippen molar-refractivity contribution < 1.29 is 32.2 Å². The molecule has 0 spiro atoms. The van der Waals surface area contributed by atoms with E-state index in [2.05, 4.69) is 15.4 Å². The third-order valence-electron chi connectivity index (χ3n) is 5.78. The summed E-state index contributed by atoms with van der Waals surface area (Å²) >= 11 is 5.61. The molecule has 0 unspecified atom stereocenters. The van der Waals surface area contributed by atoms with Gasteiger partial charge in [-0.3, -0.25) is 9.59 Å².